The number of carbonyl (C=O) groups excluding carboxylic acids is 2. The van der Waals surface area contributed by atoms with Crippen LogP contribution in [0, 0.1) is 6.92 Å². The predicted octanol–water partition coefficient (Wildman–Crippen LogP) is 2.80. The van der Waals surface area contributed by atoms with Gasteiger partial charge in [-0.25, -0.2) is 9.78 Å². The maximum Gasteiger partial charge on any atom is 0.319 e. The van der Waals surface area contributed by atoms with Gasteiger partial charge in [-0.1, -0.05) is 6.07 Å². The standard InChI is InChI=1S/C20H25N5O2/c1-14-5-6-16(19(21)26)12-17(14)24-20(27)23-13-15-7-8-22-18(11-15)25-9-3-2-4-10-25/h5-8,11-12H,2-4,9-10,13H2,1H3,(H2,21,26)(H2,23,24,27). The van der Waals surface area contributed by atoms with E-state index in [-0.39, 0.29) is 6.03 Å². The number of pyridine rings is 1. The number of benzene rings is 1. The van der Waals surface area contributed by atoms with Gasteiger partial charge in [0, 0.05) is 37.1 Å². The molecule has 3 rings (SSSR count). The number of hydrogen-bond donors (Lipinski definition) is 3. The highest BCUT2D eigenvalue weighted by molar-refractivity contribution is 5.96. The lowest BCUT2D eigenvalue weighted by Gasteiger charge is -2.27. The molecule has 2 aromatic rings. The number of primary amides is 1. The number of rotatable bonds is 5. The van der Waals surface area contributed by atoms with Crippen LogP contribution in [0.3, 0.4) is 0 Å². The van der Waals surface area contributed by atoms with E-state index in [0.29, 0.717) is 17.8 Å². The van der Waals surface area contributed by atoms with Gasteiger partial charge >= 0.3 is 6.03 Å². The van der Waals surface area contributed by atoms with Gasteiger partial charge in [0.25, 0.3) is 0 Å². The lowest BCUT2D eigenvalue weighted by Crippen LogP contribution is -2.31. The summed E-state index contributed by atoms with van der Waals surface area (Å²) in [5.41, 5.74) is 8.06. The molecule has 2 heterocycles. The minimum atomic E-state index is -0.527. The molecule has 0 bridgehead atoms. The van der Waals surface area contributed by atoms with Crippen molar-refractivity contribution in [3.8, 4) is 0 Å². The molecule has 27 heavy (non-hydrogen) atoms. The van der Waals surface area contributed by atoms with Crippen molar-refractivity contribution >= 4 is 23.4 Å². The lowest BCUT2D eigenvalue weighted by atomic mass is 10.1. The summed E-state index contributed by atoms with van der Waals surface area (Å²) in [4.78, 5) is 30.3. The minimum Gasteiger partial charge on any atom is -0.366 e. The van der Waals surface area contributed by atoms with Gasteiger partial charge < -0.3 is 21.3 Å². The van der Waals surface area contributed by atoms with Crippen LogP contribution in [0.25, 0.3) is 0 Å². The Labute approximate surface area is 159 Å². The van der Waals surface area contributed by atoms with Gasteiger partial charge in [0.2, 0.25) is 5.91 Å². The van der Waals surface area contributed by atoms with Crippen LogP contribution >= 0.6 is 0 Å². The summed E-state index contributed by atoms with van der Waals surface area (Å²) in [5.74, 6) is 0.430. The summed E-state index contributed by atoms with van der Waals surface area (Å²) < 4.78 is 0. The SMILES string of the molecule is Cc1ccc(C(N)=O)cc1NC(=O)NCc1ccnc(N2CCCCC2)c1. The molecule has 1 fully saturated rings. The first-order valence-corrected chi connectivity index (χ1v) is 9.18. The zero-order valence-electron chi connectivity index (χ0n) is 15.5. The maximum absolute atomic E-state index is 12.2. The Morgan fingerprint density at radius 2 is 1.93 bits per heavy atom. The van der Waals surface area contributed by atoms with Gasteiger partial charge in [-0.3, -0.25) is 4.79 Å². The maximum atomic E-state index is 12.2. The topological polar surface area (TPSA) is 100 Å². The Balaban J connectivity index is 1.59. The van der Waals surface area contributed by atoms with Crippen molar-refractivity contribution in [2.45, 2.75) is 32.7 Å². The van der Waals surface area contributed by atoms with Crippen molar-refractivity contribution in [1.29, 1.82) is 0 Å². The highest BCUT2D eigenvalue weighted by Gasteiger charge is 2.13. The fraction of sp³-hybridized carbons (Fsp3) is 0.350. The van der Waals surface area contributed by atoms with Gasteiger partial charge in [0.05, 0.1) is 0 Å². The predicted molar refractivity (Wildman–Crippen MR) is 106 cm³/mol. The monoisotopic (exact) mass is 367 g/mol. The molecule has 0 atom stereocenters. The zero-order chi connectivity index (χ0) is 19.2. The number of hydrogen-bond acceptors (Lipinski definition) is 4. The molecule has 1 saturated heterocycles. The van der Waals surface area contributed by atoms with E-state index in [1.54, 1.807) is 24.4 Å². The average Bonchev–Trinajstić information content (AvgIpc) is 2.69. The van der Waals surface area contributed by atoms with E-state index in [4.69, 9.17) is 5.73 Å². The van der Waals surface area contributed by atoms with Crippen molar-refractivity contribution in [2.24, 2.45) is 5.73 Å². The summed E-state index contributed by atoms with van der Waals surface area (Å²) in [6, 6.07) is 8.55. The van der Waals surface area contributed by atoms with Crippen LogP contribution in [0.4, 0.5) is 16.3 Å². The molecule has 7 heteroatoms. The number of anilines is 2. The first kappa shape index (κ1) is 18.7. The molecule has 1 aromatic carbocycles. The smallest absolute Gasteiger partial charge is 0.319 e. The van der Waals surface area contributed by atoms with E-state index in [0.717, 1.165) is 30.0 Å². The molecule has 1 aliphatic rings. The van der Waals surface area contributed by atoms with Crippen molar-refractivity contribution in [3.05, 3.63) is 53.2 Å². The highest BCUT2D eigenvalue weighted by atomic mass is 16.2. The molecular weight excluding hydrogens is 342 g/mol. The third-order valence-corrected chi connectivity index (χ3v) is 4.71. The summed E-state index contributed by atoms with van der Waals surface area (Å²) in [6.07, 6.45) is 5.43. The van der Waals surface area contributed by atoms with E-state index >= 15 is 0 Å². The van der Waals surface area contributed by atoms with Crippen LogP contribution < -0.4 is 21.3 Å². The van der Waals surface area contributed by atoms with Gasteiger partial charge in [0.1, 0.15) is 5.82 Å². The second kappa shape index (κ2) is 8.53. The summed E-state index contributed by atoms with van der Waals surface area (Å²) in [6.45, 7) is 4.30. The van der Waals surface area contributed by atoms with Crippen LogP contribution in [0.1, 0.15) is 40.7 Å². The minimum absolute atomic E-state index is 0.337. The number of nitrogens with two attached hydrogens (primary N) is 1. The Kier molecular flexibility index (Phi) is 5.90. The van der Waals surface area contributed by atoms with E-state index in [9.17, 15) is 9.59 Å². The first-order chi connectivity index (χ1) is 13.0. The number of piperidine rings is 1. The van der Waals surface area contributed by atoms with Crippen LogP contribution in [0.2, 0.25) is 0 Å². The zero-order valence-corrected chi connectivity index (χ0v) is 15.5. The molecule has 0 radical (unpaired) electrons. The molecule has 1 aliphatic heterocycles. The molecular formula is C20H25N5O2. The number of nitrogens with zero attached hydrogens (tertiary/aromatic N) is 2. The van der Waals surface area contributed by atoms with E-state index in [2.05, 4.69) is 20.5 Å². The van der Waals surface area contributed by atoms with Crippen molar-refractivity contribution in [3.63, 3.8) is 0 Å². The second-order valence-corrected chi connectivity index (χ2v) is 6.77. The van der Waals surface area contributed by atoms with Gasteiger partial charge in [-0.15, -0.1) is 0 Å². The first-order valence-electron chi connectivity index (χ1n) is 9.18. The summed E-state index contributed by atoms with van der Waals surface area (Å²) >= 11 is 0. The Morgan fingerprint density at radius 3 is 2.67 bits per heavy atom. The molecule has 3 amide bonds. The molecule has 4 N–H and O–H groups in total. The van der Waals surface area contributed by atoms with E-state index in [1.807, 2.05) is 19.1 Å². The molecule has 7 nitrogen and oxygen atoms in total. The van der Waals surface area contributed by atoms with Crippen LogP contribution in [0.15, 0.2) is 36.5 Å². The number of nitrogens with one attached hydrogen (secondary N) is 2. The van der Waals surface area contributed by atoms with Crippen LogP contribution in [0.5, 0.6) is 0 Å². The summed E-state index contributed by atoms with van der Waals surface area (Å²) in [5, 5.41) is 5.61. The van der Waals surface area contributed by atoms with E-state index < -0.39 is 5.91 Å². The van der Waals surface area contributed by atoms with Crippen molar-refractivity contribution in [1.82, 2.24) is 10.3 Å². The number of amides is 3. The van der Waals surface area contributed by atoms with Gasteiger partial charge in [-0.05, 0) is 61.6 Å². The Bertz CT molecular complexity index is 831. The molecule has 0 unspecified atom stereocenters. The Hall–Kier alpha value is -3.09. The summed E-state index contributed by atoms with van der Waals surface area (Å²) in [7, 11) is 0. The third-order valence-electron chi connectivity index (χ3n) is 4.71. The number of aromatic nitrogens is 1. The molecule has 0 saturated carbocycles. The lowest BCUT2D eigenvalue weighted by molar-refractivity contribution is 0.100. The average molecular weight is 367 g/mol. The molecule has 0 spiro atoms. The van der Waals surface area contributed by atoms with Crippen LogP contribution in [-0.4, -0.2) is 30.0 Å². The highest BCUT2D eigenvalue weighted by Crippen LogP contribution is 2.19. The largest absolute Gasteiger partial charge is 0.366 e. The number of urea groups is 1. The van der Waals surface area contributed by atoms with Gasteiger partial charge in [-0.2, -0.15) is 0 Å². The fourth-order valence-corrected chi connectivity index (χ4v) is 3.13. The number of carbonyl (C=O) groups is 2. The van der Waals surface area contributed by atoms with Crippen LogP contribution in [-0.2, 0) is 6.54 Å². The number of aryl methyl sites for hydroxylation is 1. The van der Waals surface area contributed by atoms with Gasteiger partial charge in [0.15, 0.2) is 0 Å². The third kappa shape index (κ3) is 4.97. The van der Waals surface area contributed by atoms with E-state index in [1.165, 1.54) is 19.3 Å². The molecule has 0 aliphatic carbocycles. The van der Waals surface area contributed by atoms with Crippen molar-refractivity contribution in [2.75, 3.05) is 23.3 Å². The molecule has 1 aromatic heterocycles. The molecule has 142 valence electrons. The Morgan fingerprint density at radius 1 is 1.15 bits per heavy atom. The second-order valence-electron chi connectivity index (χ2n) is 6.77. The quantitative estimate of drug-likeness (QED) is 0.756. The van der Waals surface area contributed by atoms with Crippen molar-refractivity contribution < 1.29 is 9.59 Å². The normalized spacial score (nSPS) is 13.9. The fourth-order valence-electron chi connectivity index (χ4n) is 3.13.